The van der Waals surface area contributed by atoms with E-state index in [0.29, 0.717) is 32.3 Å². The summed E-state index contributed by atoms with van der Waals surface area (Å²) in [5.41, 5.74) is 2.31. The van der Waals surface area contributed by atoms with Crippen molar-refractivity contribution in [3.63, 3.8) is 0 Å². The van der Waals surface area contributed by atoms with E-state index in [9.17, 15) is 19.5 Å². The van der Waals surface area contributed by atoms with Crippen LogP contribution in [0.15, 0.2) is 48.5 Å². The lowest BCUT2D eigenvalue weighted by Gasteiger charge is -2.41. The number of benzene rings is 2. The van der Waals surface area contributed by atoms with Gasteiger partial charge in [-0.15, -0.1) is 0 Å². The molecule has 0 radical (unpaired) electrons. The van der Waals surface area contributed by atoms with Crippen LogP contribution in [0.2, 0.25) is 0 Å². The molecule has 8 nitrogen and oxygen atoms in total. The normalized spacial score (nSPS) is 22.3. The van der Waals surface area contributed by atoms with Gasteiger partial charge in [-0.25, -0.2) is 4.79 Å². The van der Waals surface area contributed by atoms with Crippen molar-refractivity contribution >= 4 is 18.0 Å². The Morgan fingerprint density at radius 2 is 1.63 bits per heavy atom. The van der Waals surface area contributed by atoms with E-state index in [-0.39, 0.29) is 31.6 Å². The third kappa shape index (κ3) is 4.27. The molecule has 0 aromatic heterocycles. The van der Waals surface area contributed by atoms with Gasteiger partial charge < -0.3 is 25.2 Å². The average molecular weight is 479 g/mol. The maximum Gasteiger partial charge on any atom is 0.408 e. The second-order valence-electron chi connectivity index (χ2n) is 9.81. The fourth-order valence-electron chi connectivity index (χ4n) is 5.42. The molecular formula is C27H30N2O6. The smallest absolute Gasteiger partial charge is 0.408 e. The lowest BCUT2D eigenvalue weighted by molar-refractivity contribution is -0.157. The van der Waals surface area contributed by atoms with E-state index in [2.05, 4.69) is 34.9 Å². The molecule has 5 rings (SSSR count). The summed E-state index contributed by atoms with van der Waals surface area (Å²) in [6.45, 7) is 0.720. The highest BCUT2D eigenvalue weighted by molar-refractivity contribution is 5.91. The van der Waals surface area contributed by atoms with Crippen molar-refractivity contribution in [2.45, 2.75) is 43.6 Å². The Hall–Kier alpha value is -3.39. The quantitative estimate of drug-likeness (QED) is 0.562. The van der Waals surface area contributed by atoms with Crippen molar-refractivity contribution in [2.24, 2.45) is 5.41 Å². The van der Waals surface area contributed by atoms with Gasteiger partial charge in [0, 0.05) is 19.1 Å². The molecule has 1 unspecified atom stereocenters. The minimum Gasteiger partial charge on any atom is -0.481 e. The number of rotatable bonds is 7. The molecule has 1 saturated carbocycles. The van der Waals surface area contributed by atoms with Gasteiger partial charge in [-0.05, 0) is 54.4 Å². The minimum atomic E-state index is -1.14. The number of fused-ring (bicyclic) bond motifs is 3. The van der Waals surface area contributed by atoms with Crippen LogP contribution < -0.4 is 10.6 Å². The number of carbonyl (C=O) groups is 3. The summed E-state index contributed by atoms with van der Waals surface area (Å²) < 4.78 is 11.0. The first-order valence-corrected chi connectivity index (χ1v) is 12.2. The molecular weight excluding hydrogens is 448 g/mol. The Kier molecular flexibility index (Phi) is 6.23. The van der Waals surface area contributed by atoms with Crippen molar-refractivity contribution in [2.75, 3.05) is 26.4 Å². The van der Waals surface area contributed by atoms with E-state index in [1.54, 1.807) is 0 Å². The van der Waals surface area contributed by atoms with Crippen LogP contribution in [-0.2, 0) is 19.1 Å². The second-order valence-corrected chi connectivity index (χ2v) is 9.81. The highest BCUT2D eigenvalue weighted by Crippen LogP contribution is 2.44. The Balaban J connectivity index is 1.21. The topological polar surface area (TPSA) is 114 Å². The van der Waals surface area contributed by atoms with E-state index in [0.717, 1.165) is 28.7 Å². The first kappa shape index (κ1) is 23.4. The molecule has 2 aromatic carbocycles. The molecule has 2 fully saturated rings. The van der Waals surface area contributed by atoms with Crippen molar-refractivity contribution in [1.82, 2.24) is 10.6 Å². The molecule has 184 valence electrons. The number of alkyl carbamates (subject to hydrolysis) is 1. The van der Waals surface area contributed by atoms with Gasteiger partial charge in [0.1, 0.15) is 17.6 Å². The molecule has 3 N–H and O–H groups in total. The predicted molar refractivity (Wildman–Crippen MR) is 128 cm³/mol. The monoisotopic (exact) mass is 478 g/mol. The lowest BCUT2D eigenvalue weighted by Crippen LogP contribution is -2.64. The largest absolute Gasteiger partial charge is 0.481 e. The number of aliphatic carboxylic acids is 1. The third-order valence-corrected chi connectivity index (χ3v) is 7.69. The van der Waals surface area contributed by atoms with E-state index < -0.39 is 23.0 Å². The summed E-state index contributed by atoms with van der Waals surface area (Å²) in [6, 6.07) is 16.2. The van der Waals surface area contributed by atoms with Crippen LogP contribution in [-0.4, -0.2) is 55.0 Å². The highest BCUT2D eigenvalue weighted by atomic mass is 16.5. The van der Waals surface area contributed by atoms with Crippen molar-refractivity contribution < 1.29 is 29.0 Å². The van der Waals surface area contributed by atoms with E-state index >= 15 is 0 Å². The van der Waals surface area contributed by atoms with Gasteiger partial charge in [0.15, 0.2) is 0 Å². The number of hydrogen-bond donors (Lipinski definition) is 3. The van der Waals surface area contributed by atoms with Crippen LogP contribution in [0.5, 0.6) is 0 Å². The Morgan fingerprint density at radius 1 is 0.971 bits per heavy atom. The Morgan fingerprint density at radius 3 is 2.17 bits per heavy atom. The van der Waals surface area contributed by atoms with Gasteiger partial charge in [0.05, 0.1) is 6.61 Å². The molecule has 3 aliphatic rings. The van der Waals surface area contributed by atoms with Crippen LogP contribution >= 0.6 is 0 Å². The molecule has 2 aromatic rings. The number of carboxylic acid groups (broad SMARTS) is 1. The summed E-state index contributed by atoms with van der Waals surface area (Å²) in [6.07, 6.45) is 2.19. The minimum absolute atomic E-state index is 0.0325. The van der Waals surface area contributed by atoms with Gasteiger partial charge in [-0.3, -0.25) is 9.59 Å². The Labute approximate surface area is 204 Å². The molecule has 1 atom stereocenters. The number of hydrogen-bond acceptors (Lipinski definition) is 5. The van der Waals surface area contributed by atoms with Crippen LogP contribution in [0.1, 0.15) is 49.1 Å². The van der Waals surface area contributed by atoms with Crippen LogP contribution in [0.4, 0.5) is 4.79 Å². The molecule has 1 heterocycles. The molecule has 2 amide bonds. The van der Waals surface area contributed by atoms with Gasteiger partial charge in [-0.1, -0.05) is 48.5 Å². The summed E-state index contributed by atoms with van der Waals surface area (Å²) in [5.74, 6) is -1.42. The second kappa shape index (κ2) is 9.34. The summed E-state index contributed by atoms with van der Waals surface area (Å²) >= 11 is 0. The number of nitrogens with one attached hydrogen (secondary N) is 2. The fourth-order valence-corrected chi connectivity index (χ4v) is 5.42. The van der Waals surface area contributed by atoms with Gasteiger partial charge in [-0.2, -0.15) is 0 Å². The van der Waals surface area contributed by atoms with Crippen molar-refractivity contribution in [1.29, 1.82) is 0 Å². The highest BCUT2D eigenvalue weighted by Gasteiger charge is 2.48. The van der Waals surface area contributed by atoms with Crippen LogP contribution in [0, 0.1) is 5.41 Å². The average Bonchev–Trinajstić information content (AvgIpc) is 3.17. The number of carboxylic acids is 1. The summed E-state index contributed by atoms with van der Waals surface area (Å²) in [5, 5.41) is 15.3. The molecule has 35 heavy (non-hydrogen) atoms. The van der Waals surface area contributed by atoms with E-state index in [1.807, 2.05) is 24.3 Å². The molecule has 1 aliphatic heterocycles. The fraction of sp³-hybridized carbons (Fsp3) is 0.444. The van der Waals surface area contributed by atoms with Crippen LogP contribution in [0.25, 0.3) is 11.1 Å². The standard InChI is InChI=1S/C27H30N2O6/c30-23(28-16-26(24(31)32)11-6-14-34-17-26)27(12-5-13-27)29-25(33)35-15-22-20-9-3-1-7-18(20)19-8-2-4-10-21(19)22/h1-4,7-10,22H,5-6,11-17H2,(H,28,30)(H,29,33)(H,31,32). The SMILES string of the molecule is O=C(NC1(C(=O)NCC2(C(=O)O)CCCOC2)CCC1)OCC1c2ccccc2-c2ccccc21. The van der Waals surface area contributed by atoms with Gasteiger partial charge >= 0.3 is 12.1 Å². The first-order valence-electron chi connectivity index (χ1n) is 12.2. The van der Waals surface area contributed by atoms with E-state index in [1.165, 1.54) is 0 Å². The number of carbonyl (C=O) groups excluding carboxylic acids is 2. The zero-order chi connectivity index (χ0) is 24.5. The van der Waals surface area contributed by atoms with Gasteiger partial charge in [0.25, 0.3) is 0 Å². The summed E-state index contributed by atoms with van der Waals surface area (Å²) in [7, 11) is 0. The van der Waals surface area contributed by atoms with Crippen molar-refractivity contribution in [3.05, 3.63) is 59.7 Å². The summed E-state index contributed by atoms with van der Waals surface area (Å²) in [4.78, 5) is 37.7. The number of ether oxygens (including phenoxy) is 2. The predicted octanol–water partition coefficient (Wildman–Crippen LogP) is 3.45. The molecule has 1 saturated heterocycles. The number of amides is 2. The first-order chi connectivity index (χ1) is 16.9. The maximum atomic E-state index is 13.1. The van der Waals surface area contributed by atoms with Crippen LogP contribution in [0.3, 0.4) is 0 Å². The van der Waals surface area contributed by atoms with Crippen molar-refractivity contribution in [3.8, 4) is 11.1 Å². The Bertz CT molecular complexity index is 1090. The zero-order valence-electron chi connectivity index (χ0n) is 19.5. The molecule has 2 aliphatic carbocycles. The maximum absolute atomic E-state index is 13.1. The molecule has 0 spiro atoms. The zero-order valence-corrected chi connectivity index (χ0v) is 19.5. The van der Waals surface area contributed by atoms with E-state index in [4.69, 9.17) is 9.47 Å². The molecule has 0 bridgehead atoms. The third-order valence-electron chi connectivity index (χ3n) is 7.69. The van der Waals surface area contributed by atoms with Gasteiger partial charge in [0.2, 0.25) is 5.91 Å². The molecule has 8 heteroatoms. The lowest BCUT2D eigenvalue weighted by atomic mass is 9.75.